The maximum atomic E-state index is 12.4. The van der Waals surface area contributed by atoms with E-state index in [1.54, 1.807) is 12.1 Å². The van der Waals surface area contributed by atoms with Crippen LogP contribution in [-0.4, -0.2) is 12.8 Å². The first kappa shape index (κ1) is 16.2. The van der Waals surface area contributed by atoms with E-state index >= 15 is 0 Å². The van der Waals surface area contributed by atoms with Crippen molar-refractivity contribution in [3.05, 3.63) is 34.4 Å². The van der Waals surface area contributed by atoms with E-state index in [1.165, 1.54) is 5.57 Å². The number of carbonyl (C=O) groups excluding carboxylic acids is 1. The second-order valence-electron chi connectivity index (χ2n) is 6.97. The molecule has 2 aliphatic rings. The van der Waals surface area contributed by atoms with E-state index in [4.69, 9.17) is 25.8 Å². The van der Waals surface area contributed by atoms with Gasteiger partial charge in [0.2, 0.25) is 6.79 Å². The van der Waals surface area contributed by atoms with Gasteiger partial charge in [-0.3, -0.25) is 4.79 Å². The van der Waals surface area contributed by atoms with Gasteiger partial charge in [-0.25, -0.2) is 0 Å². The Morgan fingerprint density at radius 2 is 2.00 bits per heavy atom. The lowest BCUT2D eigenvalue weighted by Gasteiger charge is -2.08. The molecule has 0 bridgehead atoms. The SMILES string of the molecule is CC(C)=C[C@H]1[C@H](C(=O)OCc2cc3c(cc2Cl)OCO3)C1(C)C. The Bertz CT molecular complexity index is 674. The molecule has 23 heavy (non-hydrogen) atoms. The Labute approximate surface area is 141 Å². The van der Waals surface area contributed by atoms with E-state index in [2.05, 4.69) is 19.9 Å². The zero-order valence-electron chi connectivity index (χ0n) is 13.8. The van der Waals surface area contributed by atoms with Crippen molar-refractivity contribution in [1.82, 2.24) is 0 Å². The average molecular weight is 337 g/mol. The molecular formula is C18H21ClO4. The number of esters is 1. The molecule has 0 radical (unpaired) electrons. The van der Waals surface area contributed by atoms with Gasteiger partial charge in [0.25, 0.3) is 0 Å². The standard InChI is InChI=1S/C18H21ClO4/c1-10(2)5-12-16(18(12,3)4)17(20)21-8-11-6-14-15(7-13(11)19)23-9-22-14/h5-7,12,16H,8-9H2,1-4H3/t12-,16+/m0/s1. The summed E-state index contributed by atoms with van der Waals surface area (Å²) >= 11 is 6.20. The minimum absolute atomic E-state index is 0.0486. The second kappa shape index (κ2) is 5.75. The summed E-state index contributed by atoms with van der Waals surface area (Å²) in [7, 11) is 0. The van der Waals surface area contributed by atoms with Gasteiger partial charge in [-0.15, -0.1) is 0 Å². The van der Waals surface area contributed by atoms with Gasteiger partial charge in [-0.2, -0.15) is 0 Å². The van der Waals surface area contributed by atoms with Gasteiger partial charge in [0.1, 0.15) is 6.61 Å². The van der Waals surface area contributed by atoms with Gasteiger partial charge < -0.3 is 14.2 Å². The normalized spacial score (nSPS) is 23.3. The first-order valence-corrected chi connectivity index (χ1v) is 8.08. The van der Waals surface area contributed by atoms with Gasteiger partial charge in [-0.05, 0) is 31.2 Å². The topological polar surface area (TPSA) is 44.8 Å². The fourth-order valence-corrected chi connectivity index (χ4v) is 3.31. The zero-order chi connectivity index (χ0) is 16.8. The molecule has 1 fully saturated rings. The summed E-state index contributed by atoms with van der Waals surface area (Å²) in [6.45, 7) is 8.61. The van der Waals surface area contributed by atoms with Crippen molar-refractivity contribution in [2.24, 2.45) is 17.3 Å². The molecule has 5 heteroatoms. The fourth-order valence-electron chi connectivity index (χ4n) is 3.11. The summed E-state index contributed by atoms with van der Waals surface area (Å²) in [6.07, 6.45) is 2.15. The Hall–Kier alpha value is -1.68. The summed E-state index contributed by atoms with van der Waals surface area (Å²) < 4.78 is 16.1. The highest BCUT2D eigenvalue weighted by atomic mass is 35.5. The average Bonchev–Trinajstić information content (AvgIpc) is 2.82. The van der Waals surface area contributed by atoms with E-state index in [9.17, 15) is 4.79 Å². The summed E-state index contributed by atoms with van der Waals surface area (Å²) in [5, 5.41) is 0.512. The van der Waals surface area contributed by atoms with Crippen molar-refractivity contribution >= 4 is 17.6 Å². The largest absolute Gasteiger partial charge is 0.461 e. The second-order valence-corrected chi connectivity index (χ2v) is 7.38. The van der Waals surface area contributed by atoms with E-state index in [-0.39, 0.29) is 36.6 Å². The number of halogens is 1. The van der Waals surface area contributed by atoms with E-state index in [0.29, 0.717) is 16.5 Å². The monoisotopic (exact) mass is 336 g/mol. The van der Waals surface area contributed by atoms with Crippen LogP contribution in [-0.2, 0) is 16.1 Å². The third kappa shape index (κ3) is 3.05. The minimum Gasteiger partial charge on any atom is -0.461 e. The summed E-state index contributed by atoms with van der Waals surface area (Å²) in [4.78, 5) is 12.4. The van der Waals surface area contributed by atoms with E-state index in [1.807, 2.05) is 13.8 Å². The quantitative estimate of drug-likeness (QED) is 0.605. The van der Waals surface area contributed by atoms with Crippen LogP contribution in [0.4, 0.5) is 0 Å². The zero-order valence-corrected chi connectivity index (χ0v) is 14.6. The molecular weight excluding hydrogens is 316 g/mol. The number of ether oxygens (including phenoxy) is 3. The van der Waals surface area contributed by atoms with Crippen LogP contribution in [0.5, 0.6) is 11.5 Å². The van der Waals surface area contributed by atoms with Crippen LogP contribution in [0.15, 0.2) is 23.8 Å². The molecule has 1 heterocycles. The number of rotatable bonds is 4. The van der Waals surface area contributed by atoms with Crippen LogP contribution >= 0.6 is 11.6 Å². The first-order chi connectivity index (χ1) is 10.8. The summed E-state index contributed by atoms with van der Waals surface area (Å²) in [5.74, 6) is 1.23. The van der Waals surface area contributed by atoms with Gasteiger partial charge in [0.15, 0.2) is 11.5 Å². The molecule has 0 amide bonds. The van der Waals surface area contributed by atoms with Crippen molar-refractivity contribution in [2.75, 3.05) is 6.79 Å². The first-order valence-electron chi connectivity index (χ1n) is 7.70. The molecule has 1 saturated carbocycles. The molecule has 1 aliphatic heterocycles. The molecule has 3 rings (SSSR count). The number of carbonyl (C=O) groups is 1. The summed E-state index contributed by atoms with van der Waals surface area (Å²) in [6, 6.07) is 3.46. The molecule has 1 aromatic carbocycles. The van der Waals surface area contributed by atoms with Crippen LogP contribution < -0.4 is 9.47 Å². The van der Waals surface area contributed by atoms with Crippen molar-refractivity contribution < 1.29 is 19.0 Å². The van der Waals surface area contributed by atoms with Crippen molar-refractivity contribution in [3.63, 3.8) is 0 Å². The minimum atomic E-state index is -0.175. The molecule has 0 unspecified atom stereocenters. The Morgan fingerprint density at radius 1 is 1.35 bits per heavy atom. The van der Waals surface area contributed by atoms with Crippen LogP contribution in [0.2, 0.25) is 5.02 Å². The number of allylic oxidation sites excluding steroid dienone is 2. The number of hydrogen-bond donors (Lipinski definition) is 0. The number of fused-ring (bicyclic) bond motifs is 1. The highest BCUT2D eigenvalue weighted by Crippen LogP contribution is 2.59. The smallest absolute Gasteiger partial charge is 0.310 e. The Kier molecular flexibility index (Phi) is 4.05. The van der Waals surface area contributed by atoms with E-state index in [0.717, 1.165) is 5.56 Å². The van der Waals surface area contributed by atoms with Crippen molar-refractivity contribution in [1.29, 1.82) is 0 Å². The molecule has 0 saturated heterocycles. The Morgan fingerprint density at radius 3 is 2.65 bits per heavy atom. The highest BCUT2D eigenvalue weighted by Gasteiger charge is 2.61. The molecule has 4 nitrogen and oxygen atoms in total. The highest BCUT2D eigenvalue weighted by molar-refractivity contribution is 6.31. The number of hydrogen-bond acceptors (Lipinski definition) is 4. The maximum absolute atomic E-state index is 12.4. The third-order valence-corrected chi connectivity index (χ3v) is 4.94. The Balaban J connectivity index is 1.65. The molecule has 0 N–H and O–H groups in total. The maximum Gasteiger partial charge on any atom is 0.310 e. The van der Waals surface area contributed by atoms with Crippen LogP contribution in [0.25, 0.3) is 0 Å². The molecule has 124 valence electrons. The van der Waals surface area contributed by atoms with Gasteiger partial charge in [-0.1, -0.05) is 37.1 Å². The molecule has 1 aliphatic carbocycles. The van der Waals surface area contributed by atoms with Gasteiger partial charge >= 0.3 is 5.97 Å². The van der Waals surface area contributed by atoms with Crippen LogP contribution in [0, 0.1) is 17.3 Å². The van der Waals surface area contributed by atoms with Gasteiger partial charge in [0, 0.05) is 11.6 Å². The predicted molar refractivity (Wildman–Crippen MR) is 87.6 cm³/mol. The van der Waals surface area contributed by atoms with Crippen molar-refractivity contribution in [2.45, 2.75) is 34.3 Å². The molecule has 0 spiro atoms. The summed E-state index contributed by atoms with van der Waals surface area (Å²) in [5.41, 5.74) is 1.89. The number of benzene rings is 1. The third-order valence-electron chi connectivity index (χ3n) is 4.59. The van der Waals surface area contributed by atoms with Crippen molar-refractivity contribution in [3.8, 4) is 11.5 Å². The van der Waals surface area contributed by atoms with Crippen LogP contribution in [0.3, 0.4) is 0 Å². The van der Waals surface area contributed by atoms with Crippen LogP contribution in [0.1, 0.15) is 33.3 Å². The lowest BCUT2D eigenvalue weighted by molar-refractivity contribution is -0.147. The van der Waals surface area contributed by atoms with Gasteiger partial charge in [0.05, 0.1) is 10.9 Å². The van der Waals surface area contributed by atoms with E-state index < -0.39 is 0 Å². The fraction of sp³-hybridized carbons (Fsp3) is 0.500. The predicted octanol–water partition coefficient (Wildman–Crippen LogP) is 4.35. The molecule has 1 aromatic rings. The molecule has 2 atom stereocenters. The lowest BCUT2D eigenvalue weighted by atomic mass is 10.1. The lowest BCUT2D eigenvalue weighted by Crippen LogP contribution is -2.10. The molecule has 0 aromatic heterocycles.